The number of hydrogen-bond donors (Lipinski definition) is 7. The summed E-state index contributed by atoms with van der Waals surface area (Å²) in [5.41, 5.74) is -0.678. The van der Waals surface area contributed by atoms with E-state index in [0.29, 0.717) is 5.56 Å². The zero-order valence-corrected chi connectivity index (χ0v) is 16.3. The summed E-state index contributed by atoms with van der Waals surface area (Å²) in [5, 5.41) is 69.3. The van der Waals surface area contributed by atoms with Gasteiger partial charge in [-0.3, -0.25) is 4.79 Å². The maximum absolute atomic E-state index is 12.6. The molecule has 1 saturated heterocycles. The number of benzene rings is 2. The van der Waals surface area contributed by atoms with Gasteiger partial charge in [0.15, 0.2) is 16.8 Å². The first kappa shape index (κ1) is 21.9. The Kier molecular flexibility index (Phi) is 5.67. The van der Waals surface area contributed by atoms with Crippen LogP contribution in [0, 0.1) is 0 Å². The average Bonchev–Trinajstić information content (AvgIpc) is 2.77. The highest BCUT2D eigenvalue weighted by Gasteiger charge is 2.45. The predicted molar refractivity (Wildman–Crippen MR) is 107 cm³/mol. The standard InChI is InChI=1S/C21H20O11/c22-7-14-16(26)18(28)19(29)21(32-14)31-13-6-11(25)15-10(24)5-12(30-20(15)17(13)27)8-1-3-9(23)4-2-8/h1-6,14,16,18-19,21-23,25-29H,7H2/t14?,16-,18+,19?,21-/m1/s1. The van der Waals surface area contributed by atoms with Crippen LogP contribution in [0.3, 0.4) is 0 Å². The van der Waals surface area contributed by atoms with Crippen LogP contribution in [0.15, 0.2) is 45.6 Å². The summed E-state index contributed by atoms with van der Waals surface area (Å²) in [4.78, 5) is 12.6. The molecule has 170 valence electrons. The minimum absolute atomic E-state index is 0.00686. The Bertz CT molecular complexity index is 1190. The fraction of sp³-hybridized carbons (Fsp3) is 0.286. The molecular formula is C21H20O11. The molecule has 0 saturated carbocycles. The maximum atomic E-state index is 12.6. The van der Waals surface area contributed by atoms with Crippen LogP contribution in [0.4, 0.5) is 0 Å². The second-order valence-corrected chi connectivity index (χ2v) is 7.28. The predicted octanol–water partition coefficient (Wildman–Crippen LogP) is -0.245. The first-order chi connectivity index (χ1) is 15.2. The summed E-state index contributed by atoms with van der Waals surface area (Å²) >= 11 is 0. The van der Waals surface area contributed by atoms with Crippen molar-refractivity contribution in [2.45, 2.75) is 30.7 Å². The third kappa shape index (κ3) is 3.72. The second kappa shape index (κ2) is 8.30. The van der Waals surface area contributed by atoms with Crippen molar-refractivity contribution in [1.82, 2.24) is 0 Å². The summed E-state index contributed by atoms with van der Waals surface area (Å²) in [6, 6.07) is 7.70. The molecule has 3 aromatic rings. The highest BCUT2D eigenvalue weighted by molar-refractivity contribution is 5.91. The van der Waals surface area contributed by atoms with E-state index in [1.807, 2.05) is 0 Å². The van der Waals surface area contributed by atoms with Crippen molar-refractivity contribution in [3.63, 3.8) is 0 Å². The number of aliphatic hydroxyl groups is 4. The lowest BCUT2D eigenvalue weighted by molar-refractivity contribution is -0.277. The van der Waals surface area contributed by atoms with E-state index in [1.165, 1.54) is 24.3 Å². The van der Waals surface area contributed by atoms with Crippen LogP contribution in [0.5, 0.6) is 23.0 Å². The molecule has 32 heavy (non-hydrogen) atoms. The van der Waals surface area contributed by atoms with Gasteiger partial charge in [-0.1, -0.05) is 0 Å². The first-order valence-electron chi connectivity index (χ1n) is 9.50. The van der Waals surface area contributed by atoms with Crippen LogP contribution in [-0.4, -0.2) is 73.1 Å². The first-order valence-corrected chi connectivity index (χ1v) is 9.50. The van der Waals surface area contributed by atoms with E-state index in [2.05, 4.69) is 0 Å². The van der Waals surface area contributed by atoms with Gasteiger partial charge in [-0.05, 0) is 24.3 Å². The van der Waals surface area contributed by atoms with Crippen LogP contribution in [0.2, 0.25) is 0 Å². The molecule has 1 aromatic heterocycles. The van der Waals surface area contributed by atoms with Gasteiger partial charge < -0.3 is 49.6 Å². The lowest BCUT2D eigenvalue weighted by atomic mass is 9.99. The third-order valence-electron chi connectivity index (χ3n) is 5.16. The quantitative estimate of drug-likeness (QED) is 0.261. The summed E-state index contributed by atoms with van der Waals surface area (Å²) in [6.45, 7) is -0.690. The lowest BCUT2D eigenvalue weighted by Crippen LogP contribution is -2.60. The SMILES string of the molecule is O=c1cc(-c2ccc(O)cc2)oc2c(O)c(O[C@@H]3OC(CO)[C@@H](O)[C@H](O)C3O)cc(O)c12. The molecule has 2 heterocycles. The molecular weight excluding hydrogens is 428 g/mol. The number of phenolic OH excluding ortho intramolecular Hbond substituents is 3. The zero-order chi connectivity index (χ0) is 23.2. The number of fused-ring (bicyclic) bond motifs is 1. The van der Waals surface area contributed by atoms with Gasteiger partial charge in [0.2, 0.25) is 12.0 Å². The largest absolute Gasteiger partial charge is 0.508 e. The van der Waals surface area contributed by atoms with Crippen LogP contribution < -0.4 is 10.2 Å². The number of aliphatic hydroxyl groups excluding tert-OH is 4. The molecule has 11 heteroatoms. The van der Waals surface area contributed by atoms with Gasteiger partial charge >= 0.3 is 0 Å². The van der Waals surface area contributed by atoms with Crippen molar-refractivity contribution >= 4 is 11.0 Å². The lowest BCUT2D eigenvalue weighted by Gasteiger charge is -2.39. The third-order valence-corrected chi connectivity index (χ3v) is 5.16. The van der Waals surface area contributed by atoms with Crippen molar-refractivity contribution < 1.29 is 49.6 Å². The zero-order valence-electron chi connectivity index (χ0n) is 16.3. The van der Waals surface area contributed by atoms with Gasteiger partial charge in [-0.15, -0.1) is 0 Å². The summed E-state index contributed by atoms with van der Waals surface area (Å²) in [6.07, 6.45) is -7.99. The smallest absolute Gasteiger partial charge is 0.229 e. The summed E-state index contributed by atoms with van der Waals surface area (Å²) < 4.78 is 16.2. The minimum Gasteiger partial charge on any atom is -0.508 e. The van der Waals surface area contributed by atoms with Gasteiger partial charge in [0, 0.05) is 17.7 Å². The molecule has 1 aliphatic rings. The van der Waals surface area contributed by atoms with Crippen molar-refractivity contribution in [2.24, 2.45) is 0 Å². The van der Waals surface area contributed by atoms with Gasteiger partial charge in [-0.25, -0.2) is 0 Å². The Morgan fingerprint density at radius 1 is 0.938 bits per heavy atom. The molecule has 1 fully saturated rings. The van der Waals surface area contributed by atoms with Crippen molar-refractivity contribution in [3.05, 3.63) is 46.6 Å². The van der Waals surface area contributed by atoms with E-state index >= 15 is 0 Å². The fourth-order valence-electron chi connectivity index (χ4n) is 3.43. The topological polar surface area (TPSA) is 190 Å². The number of aromatic hydroxyl groups is 3. The Balaban J connectivity index is 1.77. The monoisotopic (exact) mass is 448 g/mol. The molecule has 11 nitrogen and oxygen atoms in total. The molecule has 0 amide bonds. The van der Waals surface area contributed by atoms with Crippen LogP contribution in [-0.2, 0) is 4.74 Å². The van der Waals surface area contributed by atoms with E-state index in [1.54, 1.807) is 0 Å². The second-order valence-electron chi connectivity index (χ2n) is 7.28. The van der Waals surface area contributed by atoms with E-state index in [4.69, 9.17) is 13.9 Å². The highest BCUT2D eigenvalue weighted by atomic mass is 16.7. The molecule has 0 aliphatic carbocycles. The van der Waals surface area contributed by atoms with Crippen LogP contribution in [0.25, 0.3) is 22.3 Å². The average molecular weight is 448 g/mol. The summed E-state index contributed by atoms with van der Waals surface area (Å²) in [5.74, 6) is -1.73. The molecule has 4 rings (SSSR count). The molecule has 0 spiro atoms. The molecule has 0 radical (unpaired) electrons. The molecule has 0 bridgehead atoms. The Morgan fingerprint density at radius 3 is 2.28 bits per heavy atom. The highest BCUT2D eigenvalue weighted by Crippen LogP contribution is 2.41. The van der Waals surface area contributed by atoms with Crippen molar-refractivity contribution in [3.8, 4) is 34.3 Å². The van der Waals surface area contributed by atoms with Gasteiger partial charge in [-0.2, -0.15) is 0 Å². The minimum atomic E-state index is -1.76. The Labute approximate surface area is 179 Å². The summed E-state index contributed by atoms with van der Waals surface area (Å²) in [7, 11) is 0. The van der Waals surface area contributed by atoms with Crippen LogP contribution >= 0.6 is 0 Å². The van der Waals surface area contributed by atoms with Crippen molar-refractivity contribution in [1.29, 1.82) is 0 Å². The molecule has 5 atom stereocenters. The molecule has 2 unspecified atom stereocenters. The fourth-order valence-corrected chi connectivity index (χ4v) is 3.43. The van der Waals surface area contributed by atoms with Gasteiger partial charge in [0.25, 0.3) is 0 Å². The van der Waals surface area contributed by atoms with E-state index < -0.39 is 65.6 Å². The number of phenols is 3. The van der Waals surface area contributed by atoms with E-state index in [9.17, 15) is 40.5 Å². The molecule has 2 aromatic carbocycles. The Hall–Kier alpha value is -3.35. The van der Waals surface area contributed by atoms with Crippen LogP contribution in [0.1, 0.15) is 0 Å². The van der Waals surface area contributed by atoms with Gasteiger partial charge in [0.1, 0.15) is 47.1 Å². The number of hydrogen-bond acceptors (Lipinski definition) is 11. The van der Waals surface area contributed by atoms with E-state index in [-0.39, 0.29) is 16.9 Å². The van der Waals surface area contributed by atoms with Crippen molar-refractivity contribution in [2.75, 3.05) is 6.61 Å². The van der Waals surface area contributed by atoms with Gasteiger partial charge in [0.05, 0.1) is 6.61 Å². The van der Waals surface area contributed by atoms with E-state index in [0.717, 1.165) is 12.1 Å². The normalized spacial score (nSPS) is 25.7. The Morgan fingerprint density at radius 2 is 1.62 bits per heavy atom. The molecule has 7 N–H and O–H groups in total. The molecule has 1 aliphatic heterocycles. The number of ether oxygens (including phenoxy) is 2. The maximum Gasteiger partial charge on any atom is 0.229 e. The number of rotatable bonds is 4.